The second kappa shape index (κ2) is 7.77. The zero-order valence-corrected chi connectivity index (χ0v) is 15.3. The maximum absolute atomic E-state index is 6.28. The van der Waals surface area contributed by atoms with Crippen molar-refractivity contribution in [1.29, 1.82) is 0 Å². The summed E-state index contributed by atoms with van der Waals surface area (Å²) < 4.78 is 11.5. The molecule has 3 nitrogen and oxygen atoms in total. The summed E-state index contributed by atoms with van der Waals surface area (Å²) in [7, 11) is 1.68. The van der Waals surface area contributed by atoms with Crippen molar-refractivity contribution in [2.45, 2.75) is 44.4 Å². The Morgan fingerprint density at radius 3 is 2.38 bits per heavy atom. The number of rotatable bonds is 5. The van der Waals surface area contributed by atoms with Crippen LogP contribution in [0.2, 0.25) is 0 Å². The molecule has 1 aliphatic rings. The number of hydrogen-bond acceptors (Lipinski definition) is 3. The fourth-order valence-electron chi connectivity index (χ4n) is 3.82. The van der Waals surface area contributed by atoms with Crippen LogP contribution in [0.1, 0.15) is 55.0 Å². The van der Waals surface area contributed by atoms with Gasteiger partial charge in [0.2, 0.25) is 5.89 Å². The highest BCUT2D eigenvalue weighted by molar-refractivity contribution is 5.55. The van der Waals surface area contributed by atoms with Gasteiger partial charge in [0.05, 0.1) is 12.8 Å². The van der Waals surface area contributed by atoms with Crippen molar-refractivity contribution < 1.29 is 9.15 Å². The van der Waals surface area contributed by atoms with Crippen LogP contribution >= 0.6 is 0 Å². The second-order valence-corrected chi connectivity index (χ2v) is 7.05. The van der Waals surface area contributed by atoms with E-state index in [1.807, 2.05) is 24.3 Å². The molecule has 0 spiro atoms. The summed E-state index contributed by atoms with van der Waals surface area (Å²) in [6, 6.07) is 18.5. The highest BCUT2D eigenvalue weighted by Gasteiger charge is 2.24. The first kappa shape index (κ1) is 16.9. The zero-order valence-electron chi connectivity index (χ0n) is 15.3. The van der Waals surface area contributed by atoms with Crippen LogP contribution in [-0.2, 0) is 6.42 Å². The smallest absolute Gasteiger partial charge is 0.226 e. The van der Waals surface area contributed by atoms with E-state index in [1.165, 1.54) is 43.4 Å². The first-order valence-corrected chi connectivity index (χ1v) is 9.51. The van der Waals surface area contributed by atoms with Crippen molar-refractivity contribution in [3.63, 3.8) is 0 Å². The van der Waals surface area contributed by atoms with Gasteiger partial charge in [0.25, 0.3) is 0 Å². The van der Waals surface area contributed by atoms with Crippen molar-refractivity contribution in [2.24, 2.45) is 0 Å². The van der Waals surface area contributed by atoms with Gasteiger partial charge in [0, 0.05) is 17.9 Å². The Labute approximate surface area is 155 Å². The van der Waals surface area contributed by atoms with Crippen molar-refractivity contribution in [1.82, 2.24) is 4.98 Å². The molecule has 0 N–H and O–H groups in total. The lowest BCUT2D eigenvalue weighted by Crippen LogP contribution is -2.07. The predicted octanol–water partition coefficient (Wildman–Crippen LogP) is 5.99. The number of aromatic nitrogens is 1. The molecule has 1 aromatic heterocycles. The standard InChI is InChI=1S/C23H25NO2/c1-25-20-14-12-19(13-15-20)23-24-22(18-10-6-3-7-11-18)21(26-23)16-17-8-4-2-5-9-17/h2,4-5,8-9,12-15,18H,3,6-7,10-11,16H2,1H3. The van der Waals surface area contributed by atoms with Gasteiger partial charge in [-0.3, -0.25) is 0 Å². The van der Waals surface area contributed by atoms with Crippen LogP contribution in [0.5, 0.6) is 5.75 Å². The summed E-state index contributed by atoms with van der Waals surface area (Å²) in [4.78, 5) is 4.95. The Kier molecular flexibility index (Phi) is 5.05. The van der Waals surface area contributed by atoms with Crippen LogP contribution in [0, 0.1) is 0 Å². The molecule has 1 heterocycles. The molecule has 0 bridgehead atoms. The summed E-state index contributed by atoms with van der Waals surface area (Å²) in [6.45, 7) is 0. The van der Waals surface area contributed by atoms with E-state index in [0.29, 0.717) is 5.92 Å². The van der Waals surface area contributed by atoms with Crippen molar-refractivity contribution in [3.05, 3.63) is 71.6 Å². The van der Waals surface area contributed by atoms with Crippen LogP contribution < -0.4 is 4.74 Å². The number of oxazole rings is 1. The molecule has 4 rings (SSSR count). The first-order chi connectivity index (χ1) is 12.8. The average Bonchev–Trinajstić information content (AvgIpc) is 3.13. The third-order valence-electron chi connectivity index (χ3n) is 5.26. The number of nitrogens with zero attached hydrogens (tertiary/aromatic N) is 1. The van der Waals surface area contributed by atoms with Gasteiger partial charge in [-0.15, -0.1) is 0 Å². The van der Waals surface area contributed by atoms with E-state index in [0.717, 1.165) is 29.4 Å². The molecule has 26 heavy (non-hydrogen) atoms. The van der Waals surface area contributed by atoms with E-state index < -0.39 is 0 Å². The molecule has 0 atom stereocenters. The maximum atomic E-state index is 6.28. The number of hydrogen-bond donors (Lipinski definition) is 0. The molecule has 0 radical (unpaired) electrons. The van der Waals surface area contributed by atoms with E-state index >= 15 is 0 Å². The normalized spacial score (nSPS) is 15.1. The number of methoxy groups -OCH3 is 1. The van der Waals surface area contributed by atoms with E-state index in [-0.39, 0.29) is 0 Å². The lowest BCUT2D eigenvalue weighted by molar-refractivity contribution is 0.415. The number of ether oxygens (including phenoxy) is 1. The Balaban J connectivity index is 1.68. The molecular weight excluding hydrogens is 322 g/mol. The van der Waals surface area contributed by atoms with Gasteiger partial charge >= 0.3 is 0 Å². The van der Waals surface area contributed by atoms with Crippen LogP contribution in [-0.4, -0.2) is 12.1 Å². The fraction of sp³-hybridized carbons (Fsp3) is 0.348. The van der Waals surface area contributed by atoms with Gasteiger partial charge in [-0.1, -0.05) is 49.6 Å². The molecule has 1 aliphatic carbocycles. The predicted molar refractivity (Wildman–Crippen MR) is 104 cm³/mol. The summed E-state index contributed by atoms with van der Waals surface area (Å²) in [5, 5.41) is 0. The second-order valence-electron chi connectivity index (χ2n) is 7.05. The van der Waals surface area contributed by atoms with Crippen LogP contribution in [0.15, 0.2) is 59.0 Å². The summed E-state index contributed by atoms with van der Waals surface area (Å²) >= 11 is 0. The van der Waals surface area contributed by atoms with Crippen molar-refractivity contribution in [2.75, 3.05) is 7.11 Å². The lowest BCUT2D eigenvalue weighted by Gasteiger charge is -2.20. The first-order valence-electron chi connectivity index (χ1n) is 9.51. The molecule has 134 valence electrons. The van der Waals surface area contributed by atoms with Crippen molar-refractivity contribution in [3.8, 4) is 17.2 Å². The van der Waals surface area contributed by atoms with Crippen LogP contribution in [0.3, 0.4) is 0 Å². The SMILES string of the molecule is COc1ccc(-c2nc(C3CCCCC3)c(Cc3ccccc3)o2)cc1. The molecular formula is C23H25NO2. The Morgan fingerprint density at radius 1 is 0.962 bits per heavy atom. The monoisotopic (exact) mass is 347 g/mol. The minimum absolute atomic E-state index is 0.526. The molecule has 0 unspecified atom stereocenters. The maximum Gasteiger partial charge on any atom is 0.226 e. The highest BCUT2D eigenvalue weighted by atomic mass is 16.5. The molecule has 3 heteroatoms. The fourth-order valence-corrected chi connectivity index (χ4v) is 3.82. The van der Waals surface area contributed by atoms with Gasteiger partial charge in [-0.25, -0.2) is 4.98 Å². The Bertz CT molecular complexity index is 830. The average molecular weight is 347 g/mol. The topological polar surface area (TPSA) is 35.3 Å². The van der Waals surface area contributed by atoms with Crippen molar-refractivity contribution >= 4 is 0 Å². The summed E-state index contributed by atoms with van der Waals surface area (Å²) in [6.07, 6.45) is 7.16. The van der Waals surface area contributed by atoms with Gasteiger partial charge in [0.1, 0.15) is 11.5 Å². The Hall–Kier alpha value is -2.55. The van der Waals surface area contributed by atoms with E-state index in [9.17, 15) is 0 Å². The third kappa shape index (κ3) is 3.67. The highest BCUT2D eigenvalue weighted by Crippen LogP contribution is 2.37. The van der Waals surface area contributed by atoms with Crippen LogP contribution in [0.25, 0.3) is 11.5 Å². The largest absolute Gasteiger partial charge is 0.497 e. The summed E-state index contributed by atoms with van der Waals surface area (Å²) in [5.74, 6) is 3.11. The third-order valence-corrected chi connectivity index (χ3v) is 5.26. The van der Waals surface area contributed by atoms with Gasteiger partial charge in [0.15, 0.2) is 0 Å². The van der Waals surface area contributed by atoms with E-state index in [2.05, 4.69) is 30.3 Å². The quantitative estimate of drug-likeness (QED) is 0.569. The molecule has 0 amide bonds. The van der Waals surface area contributed by atoms with Gasteiger partial charge in [-0.05, 0) is 42.7 Å². The lowest BCUT2D eigenvalue weighted by atomic mass is 9.86. The Morgan fingerprint density at radius 2 is 1.69 bits per heavy atom. The molecule has 1 fully saturated rings. The molecule has 3 aromatic rings. The van der Waals surface area contributed by atoms with Gasteiger partial charge in [-0.2, -0.15) is 0 Å². The molecule has 2 aromatic carbocycles. The van der Waals surface area contributed by atoms with Gasteiger partial charge < -0.3 is 9.15 Å². The van der Waals surface area contributed by atoms with Crippen LogP contribution in [0.4, 0.5) is 0 Å². The molecule has 1 saturated carbocycles. The minimum atomic E-state index is 0.526. The summed E-state index contributed by atoms with van der Waals surface area (Å²) in [5.41, 5.74) is 3.43. The molecule has 0 saturated heterocycles. The number of benzene rings is 2. The minimum Gasteiger partial charge on any atom is -0.497 e. The molecule has 0 aliphatic heterocycles. The van der Waals surface area contributed by atoms with E-state index in [4.69, 9.17) is 14.1 Å². The zero-order chi connectivity index (χ0) is 17.8. The van der Waals surface area contributed by atoms with E-state index in [1.54, 1.807) is 7.11 Å².